The van der Waals surface area contributed by atoms with Gasteiger partial charge in [-0.25, -0.2) is 0 Å². The van der Waals surface area contributed by atoms with Crippen molar-refractivity contribution >= 4 is 5.91 Å². The number of amides is 1. The van der Waals surface area contributed by atoms with E-state index in [0.29, 0.717) is 6.42 Å². The van der Waals surface area contributed by atoms with Crippen LogP contribution in [0.1, 0.15) is 31.7 Å². The minimum absolute atomic E-state index is 0.217. The van der Waals surface area contributed by atoms with E-state index >= 15 is 0 Å². The first-order valence-electron chi connectivity index (χ1n) is 7.30. The van der Waals surface area contributed by atoms with Gasteiger partial charge in [-0.3, -0.25) is 4.79 Å². The minimum atomic E-state index is -0.217. The highest BCUT2D eigenvalue weighted by Gasteiger charge is 2.07. The summed E-state index contributed by atoms with van der Waals surface area (Å²) in [6.07, 6.45) is 3.37. The number of hydrogen-bond donors (Lipinski definition) is 1. The number of rotatable bonds is 10. The fourth-order valence-electron chi connectivity index (χ4n) is 2.32. The van der Waals surface area contributed by atoms with Crippen LogP contribution in [0.5, 0.6) is 5.75 Å². The molecule has 112 valence electrons. The molecule has 20 heavy (non-hydrogen) atoms. The van der Waals surface area contributed by atoms with E-state index in [2.05, 4.69) is 17.9 Å². The second-order valence-corrected chi connectivity index (χ2v) is 4.97. The molecule has 1 aromatic rings. The Balaban J connectivity index is 2.46. The molecule has 0 aliphatic heterocycles. The van der Waals surface area contributed by atoms with Crippen LogP contribution in [0.25, 0.3) is 0 Å². The molecule has 1 rings (SSSR count). The number of carbonyl (C=O) groups excluding carboxylic acids is 1. The van der Waals surface area contributed by atoms with E-state index in [0.717, 1.165) is 44.6 Å². The molecule has 4 nitrogen and oxygen atoms in total. The van der Waals surface area contributed by atoms with Gasteiger partial charge in [-0.1, -0.05) is 25.1 Å². The molecule has 0 heterocycles. The van der Waals surface area contributed by atoms with Crippen molar-refractivity contribution in [3.05, 3.63) is 29.8 Å². The summed E-state index contributed by atoms with van der Waals surface area (Å²) in [5.74, 6) is 0.729. The maximum atomic E-state index is 10.8. The first kappa shape index (κ1) is 16.5. The summed E-state index contributed by atoms with van der Waals surface area (Å²) >= 11 is 0. The lowest BCUT2D eigenvalue weighted by Crippen LogP contribution is -2.29. The van der Waals surface area contributed by atoms with Crippen molar-refractivity contribution in [3.63, 3.8) is 0 Å². The molecule has 0 atom stereocenters. The zero-order chi connectivity index (χ0) is 14.8. The number of nitrogens with zero attached hydrogens (tertiary/aromatic N) is 1. The lowest BCUT2D eigenvalue weighted by Gasteiger charge is -2.21. The van der Waals surface area contributed by atoms with Gasteiger partial charge >= 0.3 is 0 Å². The summed E-state index contributed by atoms with van der Waals surface area (Å²) in [5.41, 5.74) is 6.41. The van der Waals surface area contributed by atoms with Crippen LogP contribution in [0.2, 0.25) is 0 Å². The van der Waals surface area contributed by atoms with Crippen molar-refractivity contribution in [2.75, 3.05) is 26.7 Å². The van der Waals surface area contributed by atoms with Gasteiger partial charge in [0, 0.05) is 13.0 Å². The Kier molecular flexibility index (Phi) is 7.73. The smallest absolute Gasteiger partial charge is 0.217 e. The Bertz CT molecular complexity index is 407. The van der Waals surface area contributed by atoms with Crippen LogP contribution >= 0.6 is 0 Å². The van der Waals surface area contributed by atoms with Crippen molar-refractivity contribution in [3.8, 4) is 5.75 Å². The number of para-hydroxylation sites is 1. The number of primary amides is 1. The SMILES string of the molecule is CCCN(CCCC(N)=O)CCc1ccccc1OC. The van der Waals surface area contributed by atoms with E-state index in [1.165, 1.54) is 5.56 Å². The fourth-order valence-corrected chi connectivity index (χ4v) is 2.32. The Labute approximate surface area is 121 Å². The van der Waals surface area contributed by atoms with Gasteiger partial charge in [0.25, 0.3) is 0 Å². The third kappa shape index (κ3) is 6.06. The van der Waals surface area contributed by atoms with Crippen LogP contribution in [-0.2, 0) is 11.2 Å². The Morgan fingerprint density at radius 1 is 1.25 bits per heavy atom. The zero-order valence-electron chi connectivity index (χ0n) is 12.6. The van der Waals surface area contributed by atoms with E-state index in [-0.39, 0.29) is 5.91 Å². The molecular formula is C16H26N2O2. The van der Waals surface area contributed by atoms with Crippen LogP contribution in [0.3, 0.4) is 0 Å². The second kappa shape index (κ2) is 9.37. The third-order valence-electron chi connectivity index (χ3n) is 3.33. The van der Waals surface area contributed by atoms with Crippen LogP contribution in [0.4, 0.5) is 0 Å². The highest BCUT2D eigenvalue weighted by molar-refractivity contribution is 5.73. The van der Waals surface area contributed by atoms with Gasteiger partial charge in [0.2, 0.25) is 5.91 Å². The standard InChI is InChI=1S/C16H26N2O2/c1-3-11-18(12-6-9-16(17)19)13-10-14-7-4-5-8-15(14)20-2/h4-5,7-8H,3,6,9-13H2,1-2H3,(H2,17,19). The highest BCUT2D eigenvalue weighted by Crippen LogP contribution is 2.18. The molecule has 0 saturated heterocycles. The first-order chi connectivity index (χ1) is 9.67. The molecule has 0 aliphatic carbocycles. The maximum absolute atomic E-state index is 10.8. The number of benzene rings is 1. The molecule has 0 bridgehead atoms. The molecule has 2 N–H and O–H groups in total. The molecule has 0 spiro atoms. The minimum Gasteiger partial charge on any atom is -0.496 e. The van der Waals surface area contributed by atoms with E-state index in [1.807, 2.05) is 18.2 Å². The Hall–Kier alpha value is -1.55. The average Bonchev–Trinajstić information content (AvgIpc) is 2.44. The van der Waals surface area contributed by atoms with E-state index in [9.17, 15) is 4.79 Å². The number of hydrogen-bond acceptors (Lipinski definition) is 3. The maximum Gasteiger partial charge on any atom is 0.217 e. The lowest BCUT2D eigenvalue weighted by molar-refractivity contribution is -0.118. The fraction of sp³-hybridized carbons (Fsp3) is 0.562. The summed E-state index contributed by atoms with van der Waals surface area (Å²) in [5, 5.41) is 0. The van der Waals surface area contributed by atoms with Crippen molar-refractivity contribution in [1.29, 1.82) is 0 Å². The van der Waals surface area contributed by atoms with Crippen molar-refractivity contribution in [2.45, 2.75) is 32.6 Å². The van der Waals surface area contributed by atoms with Gasteiger partial charge in [-0.15, -0.1) is 0 Å². The quantitative estimate of drug-likeness (QED) is 0.714. The monoisotopic (exact) mass is 278 g/mol. The first-order valence-corrected chi connectivity index (χ1v) is 7.30. The number of ether oxygens (including phenoxy) is 1. The van der Waals surface area contributed by atoms with Gasteiger partial charge in [0.05, 0.1) is 7.11 Å². The van der Waals surface area contributed by atoms with Gasteiger partial charge in [-0.05, 0) is 44.0 Å². The molecule has 0 aromatic heterocycles. The average molecular weight is 278 g/mol. The van der Waals surface area contributed by atoms with Crippen molar-refractivity contribution < 1.29 is 9.53 Å². The molecule has 0 aliphatic rings. The largest absolute Gasteiger partial charge is 0.496 e. The van der Waals surface area contributed by atoms with Gasteiger partial charge in [-0.2, -0.15) is 0 Å². The molecule has 0 fully saturated rings. The van der Waals surface area contributed by atoms with Crippen LogP contribution in [0, 0.1) is 0 Å². The van der Waals surface area contributed by atoms with Crippen LogP contribution in [-0.4, -0.2) is 37.6 Å². The third-order valence-corrected chi connectivity index (χ3v) is 3.33. The molecule has 4 heteroatoms. The number of carbonyl (C=O) groups is 1. The highest BCUT2D eigenvalue weighted by atomic mass is 16.5. The van der Waals surface area contributed by atoms with Crippen molar-refractivity contribution in [1.82, 2.24) is 4.90 Å². The predicted molar refractivity (Wildman–Crippen MR) is 81.9 cm³/mol. The summed E-state index contributed by atoms with van der Waals surface area (Å²) in [7, 11) is 1.70. The molecule has 0 radical (unpaired) electrons. The van der Waals surface area contributed by atoms with Crippen LogP contribution < -0.4 is 10.5 Å². The van der Waals surface area contributed by atoms with Crippen LogP contribution in [0.15, 0.2) is 24.3 Å². The molecular weight excluding hydrogens is 252 g/mol. The molecule has 0 saturated carbocycles. The second-order valence-electron chi connectivity index (χ2n) is 4.97. The number of methoxy groups -OCH3 is 1. The van der Waals surface area contributed by atoms with Gasteiger partial charge in [0.15, 0.2) is 0 Å². The Morgan fingerprint density at radius 3 is 2.65 bits per heavy atom. The van der Waals surface area contributed by atoms with Gasteiger partial charge < -0.3 is 15.4 Å². The molecule has 1 aromatic carbocycles. The lowest BCUT2D eigenvalue weighted by atomic mass is 10.1. The molecule has 1 amide bonds. The summed E-state index contributed by atoms with van der Waals surface area (Å²) in [4.78, 5) is 13.2. The van der Waals surface area contributed by atoms with E-state index < -0.39 is 0 Å². The van der Waals surface area contributed by atoms with Crippen molar-refractivity contribution in [2.24, 2.45) is 5.73 Å². The summed E-state index contributed by atoms with van der Waals surface area (Å²) < 4.78 is 5.37. The zero-order valence-corrected chi connectivity index (χ0v) is 12.6. The predicted octanol–water partition coefficient (Wildman–Crippen LogP) is 2.22. The van der Waals surface area contributed by atoms with E-state index in [1.54, 1.807) is 7.11 Å². The summed E-state index contributed by atoms with van der Waals surface area (Å²) in [6.45, 7) is 5.12. The van der Waals surface area contributed by atoms with Gasteiger partial charge in [0.1, 0.15) is 5.75 Å². The molecule has 0 unspecified atom stereocenters. The van der Waals surface area contributed by atoms with E-state index in [4.69, 9.17) is 10.5 Å². The normalized spacial score (nSPS) is 10.8. The summed E-state index contributed by atoms with van der Waals surface area (Å²) in [6, 6.07) is 8.12. The Morgan fingerprint density at radius 2 is 2.00 bits per heavy atom. The topological polar surface area (TPSA) is 55.6 Å². The number of nitrogens with two attached hydrogens (primary N) is 1.